The van der Waals surface area contributed by atoms with Gasteiger partial charge in [0.05, 0.1) is 12.1 Å². The summed E-state index contributed by atoms with van der Waals surface area (Å²) < 4.78 is 0. The van der Waals surface area contributed by atoms with Gasteiger partial charge in [0.1, 0.15) is 12.1 Å². The molecule has 5 unspecified atom stereocenters. The van der Waals surface area contributed by atoms with Crippen LogP contribution in [0.25, 0.3) is 10.9 Å². The molecule has 0 fully saturated rings. The highest BCUT2D eigenvalue weighted by Crippen LogP contribution is 2.19. The summed E-state index contributed by atoms with van der Waals surface area (Å²) >= 11 is 0. The van der Waals surface area contributed by atoms with Crippen molar-refractivity contribution in [2.75, 3.05) is 0 Å². The number of H-pyrrole nitrogens is 1. The number of benzene rings is 2. The van der Waals surface area contributed by atoms with E-state index in [4.69, 9.17) is 5.73 Å². The minimum absolute atomic E-state index is 0.0825. The zero-order valence-electron chi connectivity index (χ0n) is 22.9. The Kier molecular flexibility index (Phi) is 11.2. The number of fused-ring (bicyclic) bond motifs is 1. The van der Waals surface area contributed by atoms with Gasteiger partial charge in [-0.3, -0.25) is 19.2 Å². The van der Waals surface area contributed by atoms with E-state index in [9.17, 15) is 39.3 Å². The third kappa shape index (κ3) is 8.88. The van der Waals surface area contributed by atoms with Crippen molar-refractivity contribution in [3.05, 3.63) is 71.9 Å². The molecule has 0 aliphatic heterocycles. The molecule has 0 radical (unpaired) electrons. The molecule has 42 heavy (non-hydrogen) atoms. The Hall–Kier alpha value is -4.75. The summed E-state index contributed by atoms with van der Waals surface area (Å²) in [6.07, 6.45) is -0.466. The van der Waals surface area contributed by atoms with E-state index in [0.717, 1.165) is 16.5 Å². The molecule has 3 aromatic rings. The number of aromatic amines is 1. The van der Waals surface area contributed by atoms with Gasteiger partial charge in [-0.1, -0.05) is 48.5 Å². The highest BCUT2D eigenvalue weighted by atomic mass is 16.4. The molecular weight excluding hydrogens is 546 g/mol. The summed E-state index contributed by atoms with van der Waals surface area (Å²) in [7, 11) is 0. The van der Waals surface area contributed by atoms with Crippen LogP contribution in [0.5, 0.6) is 0 Å². The number of aromatic nitrogens is 1. The smallest absolute Gasteiger partial charge is 0.328 e. The number of rotatable bonds is 15. The molecule has 0 saturated carbocycles. The lowest BCUT2D eigenvalue weighted by Gasteiger charge is -2.25. The normalized spacial score (nSPS) is 14.6. The molecule has 2 aromatic carbocycles. The number of aliphatic hydroxyl groups excluding tert-OH is 1. The van der Waals surface area contributed by atoms with Gasteiger partial charge in [-0.25, -0.2) is 4.79 Å². The Morgan fingerprint density at radius 1 is 0.833 bits per heavy atom. The van der Waals surface area contributed by atoms with E-state index in [1.54, 1.807) is 42.6 Å². The number of para-hydroxylation sites is 1. The first-order valence-electron chi connectivity index (χ1n) is 13.3. The molecule has 3 rings (SSSR count). The monoisotopic (exact) mass is 581 g/mol. The van der Waals surface area contributed by atoms with Gasteiger partial charge in [-0.15, -0.1) is 0 Å². The fraction of sp³-hybridized carbons (Fsp3) is 0.345. The number of nitrogens with two attached hydrogens (primary N) is 1. The number of aliphatic carboxylic acids is 2. The number of hydrogen-bond donors (Lipinski definition) is 8. The average Bonchev–Trinajstić information content (AvgIpc) is 3.36. The molecular formula is C29H35N5O8. The molecule has 0 bridgehead atoms. The Labute approximate surface area is 241 Å². The van der Waals surface area contributed by atoms with Gasteiger partial charge in [-0.2, -0.15) is 0 Å². The highest BCUT2D eigenvalue weighted by molar-refractivity contribution is 5.95. The molecule has 3 amide bonds. The number of hydrogen-bond acceptors (Lipinski definition) is 7. The summed E-state index contributed by atoms with van der Waals surface area (Å²) in [5, 5.41) is 36.5. The van der Waals surface area contributed by atoms with Crippen LogP contribution >= 0.6 is 0 Å². The van der Waals surface area contributed by atoms with E-state index < -0.39 is 66.4 Å². The quantitative estimate of drug-likeness (QED) is 0.121. The molecule has 5 atom stereocenters. The van der Waals surface area contributed by atoms with Crippen LogP contribution in [0.2, 0.25) is 0 Å². The van der Waals surface area contributed by atoms with E-state index in [0.29, 0.717) is 5.56 Å². The van der Waals surface area contributed by atoms with Crippen LogP contribution in [-0.2, 0) is 36.8 Å². The maximum atomic E-state index is 13.4. The molecule has 0 saturated heterocycles. The van der Waals surface area contributed by atoms with Crippen LogP contribution in [0.3, 0.4) is 0 Å². The maximum Gasteiger partial charge on any atom is 0.328 e. The zero-order chi connectivity index (χ0) is 30.8. The van der Waals surface area contributed by atoms with Crippen LogP contribution in [0.1, 0.15) is 30.9 Å². The lowest BCUT2D eigenvalue weighted by molar-refractivity contribution is -0.145. The van der Waals surface area contributed by atoms with Crippen LogP contribution < -0.4 is 21.7 Å². The second-order valence-corrected chi connectivity index (χ2v) is 9.98. The predicted molar refractivity (Wildman–Crippen MR) is 152 cm³/mol. The van der Waals surface area contributed by atoms with Crippen LogP contribution in [0.15, 0.2) is 60.8 Å². The standard InChI is InChI=1S/C29H35N5O8/c1-16(35)25(29(41)42)34-28(40)23(14-18-15-31-21-10-6-5-9-19(18)21)33-27(39)22(11-12-24(36)37)32-26(38)20(30)13-17-7-3-2-4-8-17/h2-10,15-16,20,22-23,25,31,35H,11-14,30H2,1H3,(H,32,38)(H,33,39)(H,34,40)(H,36,37)(H,41,42). The zero-order valence-corrected chi connectivity index (χ0v) is 22.9. The average molecular weight is 582 g/mol. The van der Waals surface area contributed by atoms with Crippen molar-refractivity contribution >= 4 is 40.6 Å². The van der Waals surface area contributed by atoms with E-state index in [1.165, 1.54) is 6.92 Å². The molecule has 1 heterocycles. The van der Waals surface area contributed by atoms with Crippen LogP contribution in [-0.4, -0.2) is 80.2 Å². The summed E-state index contributed by atoms with van der Waals surface area (Å²) in [4.78, 5) is 65.5. The second kappa shape index (κ2) is 14.8. The van der Waals surface area contributed by atoms with Crippen molar-refractivity contribution in [2.24, 2.45) is 5.73 Å². The van der Waals surface area contributed by atoms with Crippen molar-refractivity contribution in [1.82, 2.24) is 20.9 Å². The Morgan fingerprint density at radius 3 is 2.10 bits per heavy atom. The second-order valence-electron chi connectivity index (χ2n) is 9.98. The van der Waals surface area contributed by atoms with Crippen molar-refractivity contribution in [3.8, 4) is 0 Å². The molecule has 9 N–H and O–H groups in total. The first-order valence-corrected chi connectivity index (χ1v) is 13.3. The van der Waals surface area contributed by atoms with E-state index in [2.05, 4.69) is 20.9 Å². The van der Waals surface area contributed by atoms with Crippen molar-refractivity contribution in [3.63, 3.8) is 0 Å². The number of carboxylic acid groups (broad SMARTS) is 2. The number of nitrogens with one attached hydrogen (secondary N) is 4. The van der Waals surface area contributed by atoms with Gasteiger partial charge >= 0.3 is 11.9 Å². The third-order valence-corrected chi connectivity index (χ3v) is 6.69. The Balaban J connectivity index is 1.83. The van der Waals surface area contributed by atoms with Gasteiger partial charge in [-0.05, 0) is 37.0 Å². The molecule has 224 valence electrons. The van der Waals surface area contributed by atoms with Gasteiger partial charge in [0.25, 0.3) is 0 Å². The first-order chi connectivity index (χ1) is 20.0. The SMILES string of the molecule is CC(O)C(NC(=O)C(Cc1c[nH]c2ccccc12)NC(=O)C(CCC(=O)O)NC(=O)C(N)Cc1ccccc1)C(=O)O. The van der Waals surface area contributed by atoms with Crippen molar-refractivity contribution < 1.29 is 39.3 Å². The number of carbonyl (C=O) groups excluding carboxylic acids is 3. The van der Waals surface area contributed by atoms with Crippen LogP contribution in [0, 0.1) is 0 Å². The van der Waals surface area contributed by atoms with Gasteiger partial charge in [0.15, 0.2) is 6.04 Å². The largest absolute Gasteiger partial charge is 0.481 e. The van der Waals surface area contributed by atoms with E-state index in [-0.39, 0.29) is 19.3 Å². The lowest BCUT2D eigenvalue weighted by Crippen LogP contribution is -2.59. The maximum absolute atomic E-state index is 13.4. The summed E-state index contributed by atoms with van der Waals surface area (Å²) in [6.45, 7) is 1.20. The minimum atomic E-state index is -1.65. The van der Waals surface area contributed by atoms with E-state index >= 15 is 0 Å². The number of carbonyl (C=O) groups is 5. The minimum Gasteiger partial charge on any atom is -0.481 e. The fourth-order valence-electron chi connectivity index (χ4n) is 4.42. The van der Waals surface area contributed by atoms with E-state index in [1.807, 2.05) is 18.2 Å². The van der Waals surface area contributed by atoms with Gasteiger partial charge < -0.3 is 42.0 Å². The van der Waals surface area contributed by atoms with Crippen molar-refractivity contribution in [2.45, 2.75) is 62.9 Å². The topological polar surface area (TPSA) is 224 Å². The molecule has 13 heteroatoms. The third-order valence-electron chi connectivity index (χ3n) is 6.69. The molecule has 0 aliphatic rings. The van der Waals surface area contributed by atoms with Gasteiger partial charge in [0.2, 0.25) is 17.7 Å². The molecule has 13 nitrogen and oxygen atoms in total. The highest BCUT2D eigenvalue weighted by Gasteiger charge is 2.32. The first kappa shape index (κ1) is 31.8. The lowest BCUT2D eigenvalue weighted by atomic mass is 10.0. The summed E-state index contributed by atoms with van der Waals surface area (Å²) in [5.74, 6) is -5.13. The molecule has 1 aromatic heterocycles. The summed E-state index contributed by atoms with van der Waals surface area (Å²) in [5.41, 5.74) is 8.23. The number of amides is 3. The molecule has 0 aliphatic carbocycles. The molecule has 0 spiro atoms. The Bertz CT molecular complexity index is 1410. The van der Waals surface area contributed by atoms with Crippen molar-refractivity contribution in [1.29, 1.82) is 0 Å². The Morgan fingerprint density at radius 2 is 1.45 bits per heavy atom. The van der Waals surface area contributed by atoms with Gasteiger partial charge in [0, 0.05) is 29.9 Å². The predicted octanol–water partition coefficient (Wildman–Crippen LogP) is 0.0650. The fourth-order valence-corrected chi connectivity index (χ4v) is 4.42. The number of aliphatic hydroxyl groups is 1. The van der Waals surface area contributed by atoms with Crippen LogP contribution in [0.4, 0.5) is 0 Å². The summed E-state index contributed by atoms with van der Waals surface area (Å²) in [6, 6.07) is 10.8. The number of carboxylic acids is 2.